The molecule has 0 saturated heterocycles. The molecule has 3 nitrogen and oxygen atoms in total. The fourth-order valence-electron chi connectivity index (χ4n) is 0.809. The minimum absolute atomic E-state index is 0.402. The summed E-state index contributed by atoms with van der Waals surface area (Å²) in [6, 6.07) is 9.47. The molecule has 0 aliphatic carbocycles. The van der Waals surface area contributed by atoms with E-state index in [0.29, 0.717) is 5.84 Å². The number of hydrogen-bond acceptors (Lipinski definition) is 2. The SMILES string of the molecule is C=C/C=N\N=C(/N)c1ccccc1. The topological polar surface area (TPSA) is 50.7 Å². The molecule has 0 atom stereocenters. The molecule has 0 bridgehead atoms. The van der Waals surface area contributed by atoms with Gasteiger partial charge in [-0.1, -0.05) is 36.9 Å². The average molecular weight is 173 g/mol. The number of amidine groups is 1. The summed E-state index contributed by atoms with van der Waals surface area (Å²) in [5, 5.41) is 7.46. The third-order valence-corrected chi connectivity index (χ3v) is 1.41. The van der Waals surface area contributed by atoms with Crippen molar-refractivity contribution < 1.29 is 0 Å². The molecule has 0 saturated carbocycles. The predicted octanol–water partition coefficient (Wildman–Crippen LogP) is 1.56. The van der Waals surface area contributed by atoms with E-state index in [2.05, 4.69) is 16.8 Å². The van der Waals surface area contributed by atoms with Gasteiger partial charge in [0.15, 0.2) is 5.84 Å². The first-order chi connectivity index (χ1) is 6.34. The normalized spacial score (nSPS) is 11.8. The fraction of sp³-hybridized carbons (Fsp3) is 0. The predicted molar refractivity (Wildman–Crippen MR) is 55.9 cm³/mol. The second-order valence-electron chi connectivity index (χ2n) is 2.35. The third kappa shape index (κ3) is 2.91. The van der Waals surface area contributed by atoms with Crippen molar-refractivity contribution in [1.82, 2.24) is 0 Å². The average Bonchev–Trinajstić information content (AvgIpc) is 2.19. The van der Waals surface area contributed by atoms with E-state index in [1.807, 2.05) is 30.3 Å². The molecule has 3 heteroatoms. The minimum atomic E-state index is 0.402. The van der Waals surface area contributed by atoms with Crippen molar-refractivity contribution in [3.05, 3.63) is 48.6 Å². The summed E-state index contributed by atoms with van der Waals surface area (Å²) in [5.41, 5.74) is 6.50. The van der Waals surface area contributed by atoms with Gasteiger partial charge in [0, 0.05) is 11.8 Å². The highest BCUT2D eigenvalue weighted by Crippen LogP contribution is 1.97. The van der Waals surface area contributed by atoms with Gasteiger partial charge in [-0.25, -0.2) is 0 Å². The lowest BCUT2D eigenvalue weighted by Crippen LogP contribution is -2.12. The molecule has 13 heavy (non-hydrogen) atoms. The van der Waals surface area contributed by atoms with E-state index >= 15 is 0 Å². The number of allylic oxidation sites excluding steroid dienone is 1. The van der Waals surface area contributed by atoms with Crippen LogP contribution in [0.25, 0.3) is 0 Å². The highest BCUT2D eigenvalue weighted by molar-refractivity contribution is 5.97. The van der Waals surface area contributed by atoms with Gasteiger partial charge in [0.1, 0.15) is 0 Å². The molecule has 1 aromatic rings. The van der Waals surface area contributed by atoms with Crippen LogP contribution in [0.3, 0.4) is 0 Å². The Labute approximate surface area is 77.3 Å². The molecule has 0 radical (unpaired) electrons. The lowest BCUT2D eigenvalue weighted by molar-refractivity contribution is 1.23. The Bertz CT molecular complexity index is 325. The Morgan fingerprint density at radius 3 is 2.62 bits per heavy atom. The summed E-state index contributed by atoms with van der Waals surface area (Å²) >= 11 is 0. The van der Waals surface area contributed by atoms with Crippen LogP contribution in [0.2, 0.25) is 0 Å². The second-order valence-corrected chi connectivity index (χ2v) is 2.35. The van der Waals surface area contributed by atoms with Gasteiger partial charge >= 0.3 is 0 Å². The van der Waals surface area contributed by atoms with Crippen LogP contribution in [0.4, 0.5) is 0 Å². The molecule has 0 spiro atoms. The lowest BCUT2D eigenvalue weighted by atomic mass is 10.2. The molecule has 1 aromatic carbocycles. The van der Waals surface area contributed by atoms with Crippen molar-refractivity contribution in [3.8, 4) is 0 Å². The van der Waals surface area contributed by atoms with E-state index < -0.39 is 0 Å². The van der Waals surface area contributed by atoms with Crippen LogP contribution >= 0.6 is 0 Å². The minimum Gasteiger partial charge on any atom is -0.382 e. The van der Waals surface area contributed by atoms with Gasteiger partial charge < -0.3 is 5.73 Å². The number of nitrogens with zero attached hydrogens (tertiary/aromatic N) is 2. The van der Waals surface area contributed by atoms with Gasteiger partial charge in [0.05, 0.1) is 0 Å². The monoisotopic (exact) mass is 173 g/mol. The van der Waals surface area contributed by atoms with Gasteiger partial charge in [-0.05, 0) is 6.08 Å². The van der Waals surface area contributed by atoms with Gasteiger partial charge in [0.25, 0.3) is 0 Å². The standard InChI is InChI=1S/C10H11N3/c1-2-8-12-13-10(11)9-6-4-3-5-7-9/h2-8H,1H2,(H2,11,13)/b12-8-. The summed E-state index contributed by atoms with van der Waals surface area (Å²) in [7, 11) is 0. The smallest absolute Gasteiger partial charge is 0.153 e. The van der Waals surface area contributed by atoms with Crippen LogP contribution < -0.4 is 5.73 Å². The van der Waals surface area contributed by atoms with Crippen LogP contribution in [-0.2, 0) is 0 Å². The number of nitrogens with two attached hydrogens (primary N) is 1. The van der Waals surface area contributed by atoms with Gasteiger partial charge in [-0.3, -0.25) is 0 Å². The molecule has 0 unspecified atom stereocenters. The zero-order valence-corrected chi connectivity index (χ0v) is 7.22. The molecule has 66 valence electrons. The third-order valence-electron chi connectivity index (χ3n) is 1.41. The summed E-state index contributed by atoms with van der Waals surface area (Å²) in [5.74, 6) is 0.402. The molecular formula is C10H11N3. The second kappa shape index (κ2) is 4.87. The quantitative estimate of drug-likeness (QED) is 0.421. The maximum absolute atomic E-state index is 5.64. The Morgan fingerprint density at radius 1 is 1.31 bits per heavy atom. The molecule has 0 aliphatic rings. The molecule has 1 rings (SSSR count). The first kappa shape index (κ1) is 9.19. The molecule has 0 heterocycles. The Morgan fingerprint density at radius 2 is 2.00 bits per heavy atom. The van der Waals surface area contributed by atoms with E-state index in [9.17, 15) is 0 Å². The summed E-state index contributed by atoms with van der Waals surface area (Å²) in [6.45, 7) is 3.47. The van der Waals surface area contributed by atoms with Crippen molar-refractivity contribution in [2.75, 3.05) is 0 Å². The van der Waals surface area contributed by atoms with Crippen molar-refractivity contribution in [2.24, 2.45) is 15.9 Å². The maximum atomic E-state index is 5.64. The van der Waals surface area contributed by atoms with E-state index in [1.165, 1.54) is 6.21 Å². The molecule has 0 aromatic heterocycles. The lowest BCUT2D eigenvalue weighted by Gasteiger charge is -1.95. The van der Waals surface area contributed by atoms with E-state index in [1.54, 1.807) is 6.08 Å². The Kier molecular flexibility index (Phi) is 3.45. The van der Waals surface area contributed by atoms with Gasteiger partial charge in [0.2, 0.25) is 0 Å². The maximum Gasteiger partial charge on any atom is 0.153 e. The zero-order chi connectivity index (χ0) is 9.52. The van der Waals surface area contributed by atoms with Crippen LogP contribution in [0.15, 0.2) is 53.2 Å². The van der Waals surface area contributed by atoms with Crippen molar-refractivity contribution in [1.29, 1.82) is 0 Å². The van der Waals surface area contributed by atoms with Crippen LogP contribution in [-0.4, -0.2) is 12.1 Å². The first-order valence-corrected chi connectivity index (χ1v) is 3.87. The van der Waals surface area contributed by atoms with Crippen LogP contribution in [0.5, 0.6) is 0 Å². The van der Waals surface area contributed by atoms with Crippen molar-refractivity contribution in [2.45, 2.75) is 0 Å². The zero-order valence-electron chi connectivity index (χ0n) is 7.22. The van der Waals surface area contributed by atoms with Crippen molar-refractivity contribution in [3.63, 3.8) is 0 Å². The highest BCUT2D eigenvalue weighted by atomic mass is 15.2. The van der Waals surface area contributed by atoms with Crippen molar-refractivity contribution >= 4 is 12.1 Å². The molecular weight excluding hydrogens is 162 g/mol. The van der Waals surface area contributed by atoms with E-state index in [-0.39, 0.29) is 0 Å². The number of hydrogen-bond donors (Lipinski definition) is 1. The fourth-order valence-corrected chi connectivity index (χ4v) is 0.809. The molecule has 2 N–H and O–H groups in total. The van der Waals surface area contributed by atoms with Gasteiger partial charge in [-0.2, -0.15) is 5.10 Å². The molecule has 0 fully saturated rings. The summed E-state index contributed by atoms with van der Waals surface area (Å²) < 4.78 is 0. The van der Waals surface area contributed by atoms with Crippen LogP contribution in [0.1, 0.15) is 5.56 Å². The highest BCUT2D eigenvalue weighted by Gasteiger charge is 1.93. The molecule has 0 aliphatic heterocycles. The largest absolute Gasteiger partial charge is 0.382 e. The number of rotatable bonds is 3. The summed E-state index contributed by atoms with van der Waals surface area (Å²) in [4.78, 5) is 0. The van der Waals surface area contributed by atoms with Crippen LogP contribution in [0, 0.1) is 0 Å². The van der Waals surface area contributed by atoms with E-state index in [0.717, 1.165) is 5.56 Å². The Hall–Kier alpha value is -1.90. The van der Waals surface area contributed by atoms with E-state index in [4.69, 9.17) is 5.73 Å². The summed E-state index contributed by atoms with van der Waals surface area (Å²) in [6.07, 6.45) is 3.03. The van der Waals surface area contributed by atoms with Gasteiger partial charge in [-0.15, -0.1) is 5.10 Å². The molecule has 0 amide bonds. The number of benzene rings is 1. The first-order valence-electron chi connectivity index (χ1n) is 3.87. The Balaban J connectivity index is 2.79.